The van der Waals surface area contributed by atoms with E-state index < -0.39 is 0 Å². The Morgan fingerprint density at radius 3 is 1.30 bits per heavy atom. The van der Waals surface area contributed by atoms with Gasteiger partial charge in [0.05, 0.1) is 11.0 Å². The van der Waals surface area contributed by atoms with Gasteiger partial charge in [-0.2, -0.15) is 0 Å². The highest BCUT2D eigenvalue weighted by atomic mass is 15.1. The Labute approximate surface area is 389 Å². The van der Waals surface area contributed by atoms with E-state index in [-0.39, 0.29) is 0 Å². The zero-order valence-corrected chi connectivity index (χ0v) is 37.9. The van der Waals surface area contributed by atoms with Crippen LogP contribution < -0.4 is 4.90 Å². The van der Waals surface area contributed by atoms with Crippen LogP contribution in [-0.4, -0.2) is 4.57 Å². The lowest BCUT2D eigenvalue weighted by atomic mass is 9.85. The van der Waals surface area contributed by atoms with Crippen molar-refractivity contribution in [2.45, 2.75) is 52.4 Å². The molecule has 0 atom stereocenters. The number of fused-ring (bicyclic) bond motifs is 5. The first-order chi connectivity index (χ1) is 32.7. The van der Waals surface area contributed by atoms with Crippen molar-refractivity contribution < 1.29 is 0 Å². The van der Waals surface area contributed by atoms with Crippen LogP contribution in [0, 0.1) is 0 Å². The van der Waals surface area contributed by atoms with Gasteiger partial charge in [0.15, 0.2) is 0 Å². The number of hydrogen-bond acceptors (Lipinski definition) is 1. The predicted octanol–water partition coefficient (Wildman–Crippen LogP) is 18.2. The molecule has 11 aromatic rings. The monoisotopic (exact) mass is 850 g/mol. The van der Waals surface area contributed by atoms with Gasteiger partial charge in [0.2, 0.25) is 0 Å². The van der Waals surface area contributed by atoms with Gasteiger partial charge in [-0.1, -0.05) is 166 Å². The second-order valence-corrected chi connectivity index (χ2v) is 17.8. The summed E-state index contributed by atoms with van der Waals surface area (Å²) < 4.78 is 2.46. The van der Waals surface area contributed by atoms with E-state index in [2.05, 4.69) is 242 Å². The topological polar surface area (TPSA) is 8.17 Å². The Morgan fingerprint density at radius 2 is 0.773 bits per heavy atom. The summed E-state index contributed by atoms with van der Waals surface area (Å²) in [6.07, 6.45) is 7.05. The fraction of sp³-hybridized carbons (Fsp3) is 0.125. The van der Waals surface area contributed by atoms with Gasteiger partial charge in [-0.3, -0.25) is 0 Å². The maximum absolute atomic E-state index is 2.46. The molecule has 1 heterocycles. The number of nitrogens with zero attached hydrogens (tertiary/aromatic N) is 2. The van der Waals surface area contributed by atoms with Crippen LogP contribution in [0.15, 0.2) is 218 Å². The lowest BCUT2D eigenvalue weighted by Gasteiger charge is -2.26. The minimum Gasteiger partial charge on any atom is -0.311 e. The molecule has 2 nitrogen and oxygen atoms in total. The van der Waals surface area contributed by atoms with E-state index >= 15 is 0 Å². The maximum atomic E-state index is 2.46. The zero-order chi connectivity index (χ0) is 44.4. The molecular formula is C64H54N2. The average molecular weight is 851 g/mol. The molecule has 0 spiro atoms. The van der Waals surface area contributed by atoms with Crippen molar-refractivity contribution in [3.8, 4) is 39.1 Å². The van der Waals surface area contributed by atoms with Gasteiger partial charge in [0, 0.05) is 33.5 Å². The second kappa shape index (κ2) is 18.1. The van der Waals surface area contributed by atoms with Gasteiger partial charge in [0.25, 0.3) is 0 Å². The number of aryl methyl sites for hydroxylation is 2. The normalized spacial score (nSPS) is 11.5. The number of rotatable bonds is 13. The van der Waals surface area contributed by atoms with E-state index in [1.54, 1.807) is 0 Å². The van der Waals surface area contributed by atoms with Gasteiger partial charge in [-0.15, -0.1) is 0 Å². The quantitative estimate of drug-likeness (QED) is 0.105. The van der Waals surface area contributed by atoms with Crippen molar-refractivity contribution in [1.29, 1.82) is 0 Å². The number of unbranched alkanes of at least 4 members (excludes halogenated alkanes) is 2. The first-order valence-corrected chi connectivity index (χ1v) is 23.9. The lowest BCUT2D eigenvalue weighted by Crippen LogP contribution is -2.10. The van der Waals surface area contributed by atoms with Crippen LogP contribution in [0.2, 0.25) is 0 Å². The van der Waals surface area contributed by atoms with Crippen molar-refractivity contribution in [2.75, 3.05) is 4.90 Å². The highest BCUT2D eigenvalue weighted by molar-refractivity contribution is 6.22. The number of para-hydroxylation sites is 1. The molecule has 0 aliphatic carbocycles. The standard InChI is InChI=1S/C64H54N2/c1-3-5-18-45-28-40-61-58(42-45)59-43-46(19-6-4-2)29-41-62(59)66(61)54-37-35-53(36-38-54)65(51-24-14-9-15-25-51)52-33-30-47(31-34-52)50-32-39-57-60(44-50)64(49-22-12-8-13-23-49)56-27-17-16-26-55(56)63(57)48-20-10-7-11-21-48/h7-17,20-44H,3-6,18-19H2,1-2H3. The summed E-state index contributed by atoms with van der Waals surface area (Å²) in [6, 6.07) is 80.9. The van der Waals surface area contributed by atoms with Crippen LogP contribution >= 0.6 is 0 Å². The van der Waals surface area contributed by atoms with Gasteiger partial charge < -0.3 is 9.47 Å². The molecule has 2 heteroatoms. The highest BCUT2D eigenvalue weighted by Crippen LogP contribution is 2.45. The summed E-state index contributed by atoms with van der Waals surface area (Å²) in [4.78, 5) is 2.37. The van der Waals surface area contributed by atoms with Gasteiger partial charge in [0.1, 0.15) is 0 Å². The average Bonchev–Trinajstić information content (AvgIpc) is 3.70. The Hall–Kier alpha value is -7.68. The highest BCUT2D eigenvalue weighted by Gasteiger charge is 2.19. The van der Waals surface area contributed by atoms with Crippen molar-refractivity contribution >= 4 is 60.4 Å². The fourth-order valence-electron chi connectivity index (χ4n) is 10.2. The van der Waals surface area contributed by atoms with Gasteiger partial charge in [-0.05, 0) is 171 Å². The lowest BCUT2D eigenvalue weighted by molar-refractivity contribution is 0.795. The fourth-order valence-corrected chi connectivity index (χ4v) is 10.2. The van der Waals surface area contributed by atoms with Gasteiger partial charge in [-0.25, -0.2) is 0 Å². The van der Waals surface area contributed by atoms with Crippen LogP contribution in [0.1, 0.15) is 50.7 Å². The van der Waals surface area contributed by atoms with E-state index in [0.717, 1.165) is 29.9 Å². The first kappa shape index (κ1) is 41.1. The van der Waals surface area contributed by atoms with E-state index in [4.69, 9.17) is 0 Å². The molecule has 0 aliphatic heterocycles. The Balaban J connectivity index is 0.990. The molecule has 0 unspecified atom stereocenters. The third-order valence-corrected chi connectivity index (χ3v) is 13.5. The van der Waals surface area contributed by atoms with Crippen LogP contribution in [0.3, 0.4) is 0 Å². The third-order valence-electron chi connectivity index (χ3n) is 13.5. The molecule has 0 aliphatic rings. The second-order valence-electron chi connectivity index (χ2n) is 17.8. The molecule has 0 fully saturated rings. The van der Waals surface area contributed by atoms with Crippen LogP contribution in [-0.2, 0) is 12.8 Å². The van der Waals surface area contributed by atoms with Crippen molar-refractivity contribution in [1.82, 2.24) is 4.57 Å². The molecule has 320 valence electrons. The minimum absolute atomic E-state index is 1.11. The summed E-state index contributed by atoms with van der Waals surface area (Å²) in [5.41, 5.74) is 17.2. The Morgan fingerprint density at radius 1 is 0.333 bits per heavy atom. The smallest absolute Gasteiger partial charge is 0.0541 e. The molecule has 0 N–H and O–H groups in total. The third kappa shape index (κ3) is 7.63. The molecule has 0 amide bonds. The molecule has 11 rings (SSSR count). The number of hydrogen-bond donors (Lipinski definition) is 0. The van der Waals surface area contributed by atoms with Gasteiger partial charge >= 0.3 is 0 Å². The molecule has 0 bridgehead atoms. The Bertz CT molecular complexity index is 3390. The SMILES string of the molecule is CCCCc1ccc2c(c1)c1cc(CCCC)ccc1n2-c1ccc(N(c2ccccc2)c2ccc(-c3ccc4c(-c5ccccc5)c5ccccc5c(-c5ccccc5)c4c3)cc2)cc1. The van der Waals surface area contributed by atoms with Crippen molar-refractivity contribution in [3.63, 3.8) is 0 Å². The van der Waals surface area contributed by atoms with E-state index in [9.17, 15) is 0 Å². The summed E-state index contributed by atoms with van der Waals surface area (Å²) in [5.74, 6) is 0. The predicted molar refractivity (Wildman–Crippen MR) is 284 cm³/mol. The Kier molecular flexibility index (Phi) is 11.2. The van der Waals surface area contributed by atoms with E-state index in [1.807, 2.05) is 0 Å². The van der Waals surface area contributed by atoms with Crippen molar-refractivity contribution in [3.05, 3.63) is 230 Å². The van der Waals surface area contributed by atoms with Crippen LogP contribution in [0.25, 0.3) is 82.4 Å². The first-order valence-electron chi connectivity index (χ1n) is 23.9. The van der Waals surface area contributed by atoms with Crippen LogP contribution in [0.4, 0.5) is 17.1 Å². The largest absolute Gasteiger partial charge is 0.311 e. The number of benzene rings is 10. The molecule has 0 radical (unpaired) electrons. The number of anilines is 3. The molecule has 1 aromatic heterocycles. The van der Waals surface area contributed by atoms with E-state index in [0.29, 0.717) is 0 Å². The zero-order valence-electron chi connectivity index (χ0n) is 37.9. The van der Waals surface area contributed by atoms with Crippen LogP contribution in [0.5, 0.6) is 0 Å². The van der Waals surface area contributed by atoms with Crippen molar-refractivity contribution in [2.24, 2.45) is 0 Å². The number of aromatic nitrogens is 1. The summed E-state index contributed by atoms with van der Waals surface area (Å²) in [6.45, 7) is 4.55. The molecule has 66 heavy (non-hydrogen) atoms. The molecule has 10 aromatic carbocycles. The maximum Gasteiger partial charge on any atom is 0.0541 e. The van der Waals surface area contributed by atoms with E-state index in [1.165, 1.54) is 119 Å². The summed E-state index contributed by atoms with van der Waals surface area (Å²) >= 11 is 0. The summed E-state index contributed by atoms with van der Waals surface area (Å²) in [7, 11) is 0. The summed E-state index contributed by atoms with van der Waals surface area (Å²) in [5, 5.41) is 7.73. The molecule has 0 saturated heterocycles. The molecule has 0 saturated carbocycles. The molecular weight excluding hydrogens is 797 g/mol. The minimum atomic E-state index is 1.11.